The zero-order chi connectivity index (χ0) is 8.15. The van der Waals surface area contributed by atoms with E-state index in [2.05, 4.69) is 6.58 Å². The predicted molar refractivity (Wildman–Crippen MR) is 41.5 cm³/mol. The molecule has 0 saturated heterocycles. The normalized spacial score (nSPS) is 12.3. The highest BCUT2D eigenvalue weighted by Gasteiger charge is 2.09. The molecule has 2 N–H and O–H groups in total. The summed E-state index contributed by atoms with van der Waals surface area (Å²) < 4.78 is 0. The average Bonchev–Trinajstić information content (AvgIpc) is 2.00. The van der Waals surface area contributed by atoms with E-state index in [-0.39, 0.29) is 11.9 Å². The second kappa shape index (κ2) is 4.06. The summed E-state index contributed by atoms with van der Waals surface area (Å²) in [6.07, 6.45) is 1.28. The Bertz CT molecular complexity index is 134. The van der Waals surface area contributed by atoms with Gasteiger partial charge in [-0.25, -0.2) is 0 Å². The highest BCUT2D eigenvalue weighted by atomic mass is 16.2. The largest absolute Gasteiger partial charge is 0.338 e. The van der Waals surface area contributed by atoms with Crippen LogP contribution in [0.2, 0.25) is 0 Å². The molecular formula is C7H14N2O. The van der Waals surface area contributed by atoms with Crippen LogP contribution in [-0.2, 0) is 4.79 Å². The average molecular weight is 142 g/mol. The van der Waals surface area contributed by atoms with Crippen molar-refractivity contribution in [3.8, 4) is 0 Å². The lowest BCUT2D eigenvalue weighted by atomic mass is 10.3. The molecule has 0 heterocycles. The van der Waals surface area contributed by atoms with Crippen molar-refractivity contribution in [2.24, 2.45) is 5.73 Å². The monoisotopic (exact) mass is 142 g/mol. The van der Waals surface area contributed by atoms with Crippen LogP contribution in [-0.4, -0.2) is 30.4 Å². The number of carbonyl (C=O) groups excluding carboxylic acids is 1. The van der Waals surface area contributed by atoms with Gasteiger partial charge in [-0.1, -0.05) is 6.58 Å². The van der Waals surface area contributed by atoms with Gasteiger partial charge in [-0.15, -0.1) is 0 Å². The number of amides is 1. The summed E-state index contributed by atoms with van der Waals surface area (Å²) in [4.78, 5) is 12.4. The first-order valence-corrected chi connectivity index (χ1v) is 3.22. The van der Waals surface area contributed by atoms with Gasteiger partial charge in [-0.3, -0.25) is 4.79 Å². The van der Waals surface area contributed by atoms with Crippen LogP contribution in [0.1, 0.15) is 6.92 Å². The Morgan fingerprint density at radius 2 is 2.40 bits per heavy atom. The van der Waals surface area contributed by atoms with E-state index in [9.17, 15) is 4.79 Å². The van der Waals surface area contributed by atoms with Gasteiger partial charge < -0.3 is 10.6 Å². The first kappa shape index (κ1) is 9.17. The maximum atomic E-state index is 10.9. The number of likely N-dealkylation sites (N-methyl/N-ethyl adjacent to an activating group) is 1. The smallest absolute Gasteiger partial charge is 0.245 e. The standard InChI is InChI=1S/C7H14N2O/c1-4-7(10)9(3)6(2)5-8/h4,6H,1,5,8H2,2-3H3. The molecule has 3 heteroatoms. The summed E-state index contributed by atoms with van der Waals surface area (Å²) >= 11 is 0. The van der Waals surface area contributed by atoms with Crippen molar-refractivity contribution >= 4 is 5.91 Å². The lowest BCUT2D eigenvalue weighted by molar-refractivity contribution is -0.126. The van der Waals surface area contributed by atoms with Gasteiger partial charge in [0.05, 0.1) is 0 Å². The van der Waals surface area contributed by atoms with Crippen molar-refractivity contribution in [3.05, 3.63) is 12.7 Å². The summed E-state index contributed by atoms with van der Waals surface area (Å²) in [5.74, 6) is -0.0852. The Labute approximate surface area is 61.5 Å². The fourth-order valence-electron chi connectivity index (χ4n) is 0.519. The van der Waals surface area contributed by atoms with Gasteiger partial charge in [0, 0.05) is 19.6 Å². The van der Waals surface area contributed by atoms with Crippen LogP contribution in [0, 0.1) is 0 Å². The van der Waals surface area contributed by atoms with Crippen molar-refractivity contribution in [2.75, 3.05) is 13.6 Å². The van der Waals surface area contributed by atoms with Crippen molar-refractivity contribution in [1.82, 2.24) is 4.90 Å². The molecule has 0 aliphatic rings. The number of nitrogens with zero attached hydrogens (tertiary/aromatic N) is 1. The molecule has 0 aliphatic heterocycles. The van der Waals surface area contributed by atoms with Crippen LogP contribution in [0.5, 0.6) is 0 Å². The van der Waals surface area contributed by atoms with E-state index in [0.29, 0.717) is 6.54 Å². The van der Waals surface area contributed by atoms with Gasteiger partial charge in [0.1, 0.15) is 0 Å². The Morgan fingerprint density at radius 1 is 1.90 bits per heavy atom. The third kappa shape index (κ3) is 2.19. The van der Waals surface area contributed by atoms with Gasteiger partial charge in [0.2, 0.25) is 5.91 Å². The van der Waals surface area contributed by atoms with Crippen LogP contribution in [0.15, 0.2) is 12.7 Å². The molecule has 0 aromatic heterocycles. The van der Waals surface area contributed by atoms with Crippen LogP contribution in [0.25, 0.3) is 0 Å². The second-order valence-electron chi connectivity index (χ2n) is 2.24. The number of hydrogen-bond acceptors (Lipinski definition) is 2. The number of nitrogens with two attached hydrogens (primary N) is 1. The summed E-state index contributed by atoms with van der Waals surface area (Å²) in [6, 6.07) is 0.0884. The Hall–Kier alpha value is -0.830. The van der Waals surface area contributed by atoms with E-state index in [4.69, 9.17) is 5.73 Å². The molecule has 0 rings (SSSR count). The topological polar surface area (TPSA) is 46.3 Å². The van der Waals surface area contributed by atoms with Gasteiger partial charge >= 0.3 is 0 Å². The van der Waals surface area contributed by atoms with Gasteiger partial charge in [0.15, 0.2) is 0 Å². The molecule has 10 heavy (non-hydrogen) atoms. The molecule has 1 atom stereocenters. The Morgan fingerprint density at radius 3 is 2.70 bits per heavy atom. The lowest BCUT2D eigenvalue weighted by Gasteiger charge is -2.21. The summed E-state index contributed by atoms with van der Waals surface area (Å²) in [5.41, 5.74) is 5.34. The molecule has 0 radical (unpaired) electrons. The maximum absolute atomic E-state index is 10.9. The SMILES string of the molecule is C=CC(=O)N(C)C(C)CN. The Balaban J connectivity index is 3.93. The zero-order valence-electron chi connectivity index (χ0n) is 6.50. The van der Waals surface area contributed by atoms with E-state index in [1.54, 1.807) is 11.9 Å². The minimum Gasteiger partial charge on any atom is -0.338 e. The molecule has 1 amide bonds. The first-order valence-electron chi connectivity index (χ1n) is 3.22. The number of hydrogen-bond donors (Lipinski definition) is 1. The fourth-order valence-corrected chi connectivity index (χ4v) is 0.519. The first-order chi connectivity index (χ1) is 4.63. The minimum atomic E-state index is -0.0852. The molecule has 0 bridgehead atoms. The van der Waals surface area contributed by atoms with Crippen molar-refractivity contribution in [2.45, 2.75) is 13.0 Å². The molecule has 58 valence electrons. The van der Waals surface area contributed by atoms with E-state index in [1.165, 1.54) is 6.08 Å². The Kier molecular flexibility index (Phi) is 3.72. The summed E-state index contributed by atoms with van der Waals surface area (Å²) in [7, 11) is 1.71. The molecule has 1 unspecified atom stereocenters. The number of rotatable bonds is 3. The van der Waals surface area contributed by atoms with E-state index in [1.807, 2.05) is 6.92 Å². The van der Waals surface area contributed by atoms with Gasteiger partial charge in [-0.05, 0) is 13.0 Å². The van der Waals surface area contributed by atoms with Crippen molar-refractivity contribution < 1.29 is 4.79 Å². The molecule has 0 aliphatic carbocycles. The van der Waals surface area contributed by atoms with Crippen molar-refractivity contribution in [3.63, 3.8) is 0 Å². The van der Waals surface area contributed by atoms with Gasteiger partial charge in [-0.2, -0.15) is 0 Å². The van der Waals surface area contributed by atoms with E-state index >= 15 is 0 Å². The zero-order valence-corrected chi connectivity index (χ0v) is 6.50. The van der Waals surface area contributed by atoms with E-state index < -0.39 is 0 Å². The highest BCUT2D eigenvalue weighted by Crippen LogP contribution is 1.93. The molecule has 0 aromatic carbocycles. The third-order valence-corrected chi connectivity index (χ3v) is 1.52. The highest BCUT2D eigenvalue weighted by molar-refractivity contribution is 5.86. The van der Waals surface area contributed by atoms with Crippen LogP contribution in [0.3, 0.4) is 0 Å². The van der Waals surface area contributed by atoms with Crippen LogP contribution >= 0.6 is 0 Å². The number of carbonyl (C=O) groups is 1. The molecule has 0 aromatic rings. The maximum Gasteiger partial charge on any atom is 0.245 e. The van der Waals surface area contributed by atoms with Crippen molar-refractivity contribution in [1.29, 1.82) is 0 Å². The predicted octanol–water partition coefficient (Wildman–Crippen LogP) is -0.0220. The molecule has 3 nitrogen and oxygen atoms in total. The quantitative estimate of drug-likeness (QED) is 0.563. The molecule has 0 saturated carbocycles. The van der Waals surface area contributed by atoms with E-state index in [0.717, 1.165) is 0 Å². The summed E-state index contributed by atoms with van der Waals surface area (Å²) in [6.45, 7) is 5.74. The summed E-state index contributed by atoms with van der Waals surface area (Å²) in [5, 5.41) is 0. The third-order valence-electron chi connectivity index (χ3n) is 1.52. The second-order valence-corrected chi connectivity index (χ2v) is 2.24. The van der Waals surface area contributed by atoms with Crippen LogP contribution < -0.4 is 5.73 Å². The lowest BCUT2D eigenvalue weighted by Crippen LogP contribution is -2.38. The minimum absolute atomic E-state index is 0.0852. The van der Waals surface area contributed by atoms with Gasteiger partial charge in [0.25, 0.3) is 0 Å². The van der Waals surface area contributed by atoms with Crippen LogP contribution in [0.4, 0.5) is 0 Å². The molecule has 0 fully saturated rings. The molecular weight excluding hydrogens is 128 g/mol. The molecule has 0 spiro atoms. The fraction of sp³-hybridized carbons (Fsp3) is 0.571.